The average molecular weight is 256 g/mol. The van der Waals surface area contributed by atoms with Crippen molar-refractivity contribution in [2.45, 2.75) is 32.2 Å². The summed E-state index contributed by atoms with van der Waals surface area (Å²) in [6, 6.07) is 8.59. The smallest absolute Gasteiger partial charge is 0.273 e. The van der Waals surface area contributed by atoms with Crippen molar-refractivity contribution in [2.75, 3.05) is 0 Å². The Morgan fingerprint density at radius 1 is 1.32 bits per heavy atom. The Hall–Kier alpha value is -2.17. The van der Waals surface area contributed by atoms with Crippen LogP contribution in [0.1, 0.15) is 33.7 Å². The Morgan fingerprint density at radius 2 is 2.11 bits per heavy atom. The molecule has 0 aliphatic heterocycles. The first-order valence-corrected chi connectivity index (χ1v) is 6.49. The van der Waals surface area contributed by atoms with Crippen LogP contribution in [0.4, 0.5) is 0 Å². The highest BCUT2D eigenvalue weighted by Gasteiger charge is 2.22. The van der Waals surface area contributed by atoms with E-state index < -0.39 is 0 Å². The lowest BCUT2D eigenvalue weighted by molar-refractivity contribution is 0.0928. The van der Waals surface area contributed by atoms with Gasteiger partial charge in [-0.05, 0) is 37.3 Å². The van der Waals surface area contributed by atoms with Gasteiger partial charge in [-0.25, -0.2) is 0 Å². The maximum atomic E-state index is 12.1. The van der Waals surface area contributed by atoms with Crippen LogP contribution in [-0.4, -0.2) is 27.4 Å². The van der Waals surface area contributed by atoms with Gasteiger partial charge in [-0.1, -0.05) is 24.3 Å². The van der Waals surface area contributed by atoms with Crippen molar-refractivity contribution in [1.82, 2.24) is 20.7 Å². The van der Waals surface area contributed by atoms with Crippen LogP contribution in [0, 0.1) is 6.92 Å². The minimum absolute atomic E-state index is 0.143. The average Bonchev–Trinajstić information content (AvgIpc) is 2.85. The number of H-pyrrole nitrogens is 1. The second-order valence-electron chi connectivity index (χ2n) is 4.94. The van der Waals surface area contributed by atoms with E-state index in [-0.39, 0.29) is 11.9 Å². The third-order valence-corrected chi connectivity index (χ3v) is 3.62. The molecule has 1 aliphatic rings. The lowest BCUT2D eigenvalue weighted by Crippen LogP contribution is -2.39. The van der Waals surface area contributed by atoms with Crippen molar-refractivity contribution in [2.24, 2.45) is 0 Å². The summed E-state index contributed by atoms with van der Waals surface area (Å²) >= 11 is 0. The summed E-state index contributed by atoms with van der Waals surface area (Å²) in [5.74, 6) is -0.143. The zero-order valence-electron chi connectivity index (χ0n) is 10.8. The topological polar surface area (TPSA) is 70.7 Å². The number of nitrogens with one attached hydrogen (secondary N) is 2. The summed E-state index contributed by atoms with van der Waals surface area (Å²) < 4.78 is 0. The number of carbonyl (C=O) groups is 1. The van der Waals surface area contributed by atoms with Gasteiger partial charge in [0.2, 0.25) is 0 Å². The van der Waals surface area contributed by atoms with Crippen LogP contribution < -0.4 is 5.32 Å². The van der Waals surface area contributed by atoms with Crippen molar-refractivity contribution in [3.63, 3.8) is 0 Å². The van der Waals surface area contributed by atoms with Gasteiger partial charge in [0.25, 0.3) is 5.91 Å². The number of amides is 1. The number of aromatic amines is 1. The fourth-order valence-corrected chi connectivity index (χ4v) is 2.57. The monoisotopic (exact) mass is 256 g/mol. The van der Waals surface area contributed by atoms with Crippen LogP contribution in [0.25, 0.3) is 0 Å². The molecule has 3 rings (SSSR count). The third kappa shape index (κ3) is 2.36. The van der Waals surface area contributed by atoms with Gasteiger partial charge in [-0.15, -0.1) is 0 Å². The van der Waals surface area contributed by atoms with Crippen LogP contribution in [-0.2, 0) is 12.8 Å². The summed E-state index contributed by atoms with van der Waals surface area (Å²) in [6.07, 6.45) is 2.87. The standard InChI is InChI=1S/C14H16N4O/c1-9-13(17-18-16-9)14(19)15-12-7-6-10-4-2-3-5-11(10)8-12/h2-5,12H,6-8H2,1H3,(H,15,19)(H,16,17,18). The maximum absolute atomic E-state index is 12.1. The Labute approximate surface area is 111 Å². The Bertz CT molecular complexity index is 605. The molecule has 1 aromatic carbocycles. The molecule has 1 aromatic heterocycles. The van der Waals surface area contributed by atoms with Crippen LogP contribution in [0.3, 0.4) is 0 Å². The van der Waals surface area contributed by atoms with Crippen molar-refractivity contribution in [1.29, 1.82) is 0 Å². The number of hydrogen-bond donors (Lipinski definition) is 2. The van der Waals surface area contributed by atoms with E-state index in [1.165, 1.54) is 11.1 Å². The lowest BCUT2D eigenvalue weighted by atomic mass is 9.88. The molecule has 0 radical (unpaired) electrons. The Kier molecular flexibility index (Phi) is 3.03. The van der Waals surface area contributed by atoms with Gasteiger partial charge in [0.15, 0.2) is 5.69 Å². The highest BCUT2D eigenvalue weighted by molar-refractivity contribution is 5.93. The zero-order chi connectivity index (χ0) is 13.2. The van der Waals surface area contributed by atoms with Gasteiger partial charge < -0.3 is 5.32 Å². The second-order valence-corrected chi connectivity index (χ2v) is 4.94. The Balaban J connectivity index is 1.70. The largest absolute Gasteiger partial charge is 0.348 e. The van der Waals surface area contributed by atoms with E-state index in [4.69, 9.17) is 0 Å². The van der Waals surface area contributed by atoms with E-state index in [9.17, 15) is 4.79 Å². The van der Waals surface area contributed by atoms with E-state index in [0.29, 0.717) is 11.4 Å². The number of aryl methyl sites for hydroxylation is 2. The number of hydrogen-bond acceptors (Lipinski definition) is 3. The molecule has 1 atom stereocenters. The first-order valence-electron chi connectivity index (χ1n) is 6.49. The minimum Gasteiger partial charge on any atom is -0.348 e. The molecule has 1 amide bonds. The summed E-state index contributed by atoms with van der Waals surface area (Å²) in [7, 11) is 0. The predicted molar refractivity (Wildman–Crippen MR) is 70.8 cm³/mol. The highest BCUT2D eigenvalue weighted by Crippen LogP contribution is 2.21. The van der Waals surface area contributed by atoms with E-state index in [1.807, 2.05) is 6.07 Å². The molecule has 19 heavy (non-hydrogen) atoms. The van der Waals surface area contributed by atoms with Crippen molar-refractivity contribution in [3.05, 3.63) is 46.8 Å². The van der Waals surface area contributed by atoms with Crippen molar-refractivity contribution < 1.29 is 4.79 Å². The second kappa shape index (κ2) is 4.84. The molecule has 0 saturated heterocycles. The molecule has 1 aliphatic carbocycles. The summed E-state index contributed by atoms with van der Waals surface area (Å²) in [5.41, 5.74) is 3.74. The number of carbonyl (C=O) groups excluding carboxylic acids is 1. The molecule has 2 aromatic rings. The fourth-order valence-electron chi connectivity index (χ4n) is 2.57. The van der Waals surface area contributed by atoms with Gasteiger partial charge in [0, 0.05) is 6.04 Å². The van der Waals surface area contributed by atoms with Crippen LogP contribution in [0.2, 0.25) is 0 Å². The molecular formula is C14H16N4O. The van der Waals surface area contributed by atoms with Gasteiger partial charge in [0.05, 0.1) is 5.69 Å². The van der Waals surface area contributed by atoms with Gasteiger partial charge in [-0.3, -0.25) is 4.79 Å². The van der Waals surface area contributed by atoms with Crippen molar-refractivity contribution in [3.8, 4) is 0 Å². The number of nitrogens with zero attached hydrogens (tertiary/aromatic N) is 2. The van der Waals surface area contributed by atoms with Crippen molar-refractivity contribution >= 4 is 5.91 Å². The molecule has 5 nitrogen and oxygen atoms in total. The van der Waals surface area contributed by atoms with E-state index in [2.05, 4.69) is 38.9 Å². The van der Waals surface area contributed by atoms with E-state index in [1.54, 1.807) is 6.92 Å². The molecule has 0 spiro atoms. The quantitative estimate of drug-likeness (QED) is 0.853. The summed E-state index contributed by atoms with van der Waals surface area (Å²) in [5, 5.41) is 13.3. The molecule has 98 valence electrons. The highest BCUT2D eigenvalue weighted by atomic mass is 16.2. The predicted octanol–water partition coefficient (Wildman–Crippen LogP) is 1.40. The van der Waals surface area contributed by atoms with Crippen LogP contribution in [0.5, 0.6) is 0 Å². The molecule has 0 bridgehead atoms. The van der Waals surface area contributed by atoms with Gasteiger partial charge >= 0.3 is 0 Å². The van der Waals surface area contributed by atoms with E-state index in [0.717, 1.165) is 19.3 Å². The minimum atomic E-state index is -0.143. The summed E-state index contributed by atoms with van der Waals surface area (Å²) in [6.45, 7) is 1.77. The zero-order valence-corrected chi connectivity index (χ0v) is 10.8. The van der Waals surface area contributed by atoms with Gasteiger partial charge in [-0.2, -0.15) is 15.4 Å². The van der Waals surface area contributed by atoms with Crippen LogP contribution >= 0.6 is 0 Å². The molecule has 1 unspecified atom stereocenters. The lowest BCUT2D eigenvalue weighted by Gasteiger charge is -2.25. The Morgan fingerprint density at radius 3 is 2.84 bits per heavy atom. The number of aromatic nitrogens is 3. The first kappa shape index (κ1) is 11.9. The fraction of sp³-hybridized carbons (Fsp3) is 0.357. The molecule has 0 fully saturated rings. The third-order valence-electron chi connectivity index (χ3n) is 3.62. The summed E-state index contributed by atoms with van der Waals surface area (Å²) in [4.78, 5) is 12.1. The number of benzene rings is 1. The van der Waals surface area contributed by atoms with E-state index >= 15 is 0 Å². The molecular weight excluding hydrogens is 240 g/mol. The number of rotatable bonds is 2. The molecule has 2 N–H and O–H groups in total. The molecule has 5 heteroatoms. The normalized spacial score (nSPS) is 17.8. The van der Waals surface area contributed by atoms with Crippen LogP contribution in [0.15, 0.2) is 24.3 Å². The van der Waals surface area contributed by atoms with Gasteiger partial charge in [0.1, 0.15) is 0 Å². The molecule has 1 heterocycles. The maximum Gasteiger partial charge on any atom is 0.273 e. The number of fused-ring (bicyclic) bond motifs is 1. The first-order chi connectivity index (χ1) is 9.24. The SMILES string of the molecule is Cc1n[nH]nc1C(=O)NC1CCc2ccccc2C1. The molecule has 0 saturated carbocycles.